The lowest BCUT2D eigenvalue weighted by molar-refractivity contribution is 0.00462. The van der Waals surface area contributed by atoms with Crippen molar-refractivity contribution in [1.29, 1.82) is 0 Å². The summed E-state index contributed by atoms with van der Waals surface area (Å²) in [7, 11) is 1.74. The van der Waals surface area contributed by atoms with E-state index in [-0.39, 0.29) is 6.10 Å². The summed E-state index contributed by atoms with van der Waals surface area (Å²) < 4.78 is 5.71. The zero-order valence-corrected chi connectivity index (χ0v) is 20.9. The number of aliphatic hydroxyl groups excluding tert-OH is 1. The number of ether oxygens (including phenoxy) is 1. The number of nitrogens with zero attached hydrogens (tertiary/aromatic N) is 1. The maximum Gasteiger partial charge on any atom is 0.123 e. The lowest BCUT2D eigenvalue weighted by atomic mass is 9.70. The second-order valence-corrected chi connectivity index (χ2v) is 10.3. The van der Waals surface area contributed by atoms with Crippen molar-refractivity contribution in [3.8, 4) is 5.75 Å². The maximum atomic E-state index is 9.89. The first kappa shape index (κ1) is 24.1. The van der Waals surface area contributed by atoms with E-state index < -0.39 is 0 Å². The molecule has 0 aliphatic carbocycles. The number of methoxy groups -OCH3 is 1. The van der Waals surface area contributed by atoms with Crippen LogP contribution in [0.4, 0.5) is 0 Å². The highest BCUT2D eigenvalue weighted by Gasteiger charge is 2.46. The van der Waals surface area contributed by atoms with Gasteiger partial charge in [0, 0.05) is 30.1 Å². The van der Waals surface area contributed by atoms with Gasteiger partial charge in [-0.1, -0.05) is 72.8 Å². The second-order valence-electron chi connectivity index (χ2n) is 10.3. The summed E-state index contributed by atoms with van der Waals surface area (Å²) in [5.41, 5.74) is 5.09. The summed E-state index contributed by atoms with van der Waals surface area (Å²) in [6.07, 6.45) is 2.81. The molecule has 0 aromatic heterocycles. The number of aliphatic hydroxyl groups is 1. The van der Waals surface area contributed by atoms with Crippen LogP contribution in [0.3, 0.4) is 0 Å². The number of fused-ring (bicyclic) bond motifs is 3. The highest BCUT2D eigenvalue weighted by molar-refractivity contribution is 5.39. The predicted molar refractivity (Wildman–Crippen MR) is 142 cm³/mol. The molecule has 3 atom stereocenters. The molecular weight excluding hydrogens is 432 g/mol. The van der Waals surface area contributed by atoms with Gasteiger partial charge in [0.25, 0.3) is 0 Å². The van der Waals surface area contributed by atoms with Crippen LogP contribution in [-0.2, 0) is 13.0 Å². The molecule has 0 amide bonds. The first-order valence-electron chi connectivity index (χ1n) is 13.0. The summed E-state index contributed by atoms with van der Waals surface area (Å²) in [5.74, 6) is 1.90. The van der Waals surface area contributed by atoms with Gasteiger partial charge in [-0.2, -0.15) is 0 Å². The third-order valence-corrected chi connectivity index (χ3v) is 7.93. The van der Waals surface area contributed by atoms with Crippen molar-refractivity contribution in [2.45, 2.75) is 56.8 Å². The van der Waals surface area contributed by atoms with Crippen molar-refractivity contribution in [3.05, 3.63) is 101 Å². The van der Waals surface area contributed by atoms with Gasteiger partial charge in [0.2, 0.25) is 0 Å². The minimum atomic E-state index is -0.354. The Morgan fingerprint density at radius 1 is 0.943 bits per heavy atom. The number of benzene rings is 3. The normalized spacial score (nSPS) is 24.5. The Kier molecular flexibility index (Phi) is 7.52. The molecule has 2 bridgehead atoms. The Bertz CT molecular complexity index is 1040. The van der Waals surface area contributed by atoms with Crippen molar-refractivity contribution >= 4 is 0 Å². The summed E-state index contributed by atoms with van der Waals surface area (Å²) in [5, 5.41) is 13.9. The minimum absolute atomic E-state index is 0.321. The van der Waals surface area contributed by atoms with Gasteiger partial charge >= 0.3 is 0 Å². The van der Waals surface area contributed by atoms with Crippen molar-refractivity contribution in [3.63, 3.8) is 0 Å². The fourth-order valence-corrected chi connectivity index (χ4v) is 6.36. The van der Waals surface area contributed by atoms with E-state index in [9.17, 15) is 5.11 Å². The van der Waals surface area contributed by atoms with Crippen LogP contribution in [0, 0.1) is 5.92 Å². The summed E-state index contributed by atoms with van der Waals surface area (Å²) in [4.78, 5) is 2.73. The molecule has 4 heteroatoms. The van der Waals surface area contributed by atoms with Gasteiger partial charge in [0.05, 0.1) is 13.2 Å². The van der Waals surface area contributed by atoms with Crippen molar-refractivity contribution < 1.29 is 9.84 Å². The lowest BCUT2D eigenvalue weighted by Gasteiger charge is -2.54. The van der Waals surface area contributed by atoms with Crippen LogP contribution in [0.2, 0.25) is 0 Å². The quantitative estimate of drug-likeness (QED) is 0.462. The molecule has 3 aliphatic heterocycles. The van der Waals surface area contributed by atoms with Crippen molar-refractivity contribution in [2.24, 2.45) is 5.92 Å². The van der Waals surface area contributed by atoms with Crippen LogP contribution >= 0.6 is 0 Å². The highest BCUT2D eigenvalue weighted by atomic mass is 16.5. The second kappa shape index (κ2) is 10.9. The highest BCUT2D eigenvalue weighted by Crippen LogP contribution is 2.42. The average Bonchev–Trinajstić information content (AvgIpc) is 2.90. The van der Waals surface area contributed by atoms with Crippen LogP contribution in [0.5, 0.6) is 5.75 Å². The molecule has 35 heavy (non-hydrogen) atoms. The molecule has 0 spiro atoms. The fraction of sp³-hybridized carbons (Fsp3) is 0.419. The molecule has 2 N–H and O–H groups in total. The molecule has 3 aromatic rings. The van der Waals surface area contributed by atoms with Gasteiger partial charge < -0.3 is 15.2 Å². The van der Waals surface area contributed by atoms with Gasteiger partial charge in [0.1, 0.15) is 5.75 Å². The molecule has 0 radical (unpaired) electrons. The van der Waals surface area contributed by atoms with Crippen LogP contribution < -0.4 is 10.1 Å². The predicted octanol–water partition coefficient (Wildman–Crippen LogP) is 5.00. The largest absolute Gasteiger partial charge is 0.496 e. The Morgan fingerprint density at radius 3 is 2.14 bits per heavy atom. The first-order valence-corrected chi connectivity index (χ1v) is 13.0. The smallest absolute Gasteiger partial charge is 0.123 e. The molecule has 3 aromatic carbocycles. The summed E-state index contributed by atoms with van der Waals surface area (Å²) in [6.45, 7) is 4.96. The van der Waals surface area contributed by atoms with E-state index in [4.69, 9.17) is 4.74 Å². The van der Waals surface area contributed by atoms with E-state index in [1.54, 1.807) is 7.11 Å². The lowest BCUT2D eigenvalue weighted by Crippen LogP contribution is -2.64. The Labute approximate surface area is 209 Å². The van der Waals surface area contributed by atoms with Gasteiger partial charge in [-0.3, -0.25) is 4.90 Å². The van der Waals surface area contributed by atoms with Crippen LogP contribution in [0.15, 0.2) is 78.9 Å². The zero-order chi connectivity index (χ0) is 24.2. The van der Waals surface area contributed by atoms with Gasteiger partial charge in [-0.05, 0) is 68.0 Å². The van der Waals surface area contributed by atoms with Crippen LogP contribution in [-0.4, -0.2) is 48.4 Å². The molecule has 3 heterocycles. The number of piperidine rings is 3. The Balaban J connectivity index is 1.46. The van der Waals surface area contributed by atoms with Gasteiger partial charge in [0.15, 0.2) is 0 Å². The molecule has 1 unspecified atom stereocenters. The minimum Gasteiger partial charge on any atom is -0.496 e. The Morgan fingerprint density at radius 2 is 1.57 bits per heavy atom. The molecule has 3 aliphatic rings. The van der Waals surface area contributed by atoms with Crippen LogP contribution in [0.25, 0.3) is 0 Å². The monoisotopic (exact) mass is 470 g/mol. The molecule has 3 saturated heterocycles. The third kappa shape index (κ3) is 5.30. The van der Waals surface area contributed by atoms with Crippen molar-refractivity contribution in [2.75, 3.05) is 20.2 Å². The summed E-state index contributed by atoms with van der Waals surface area (Å²) in [6, 6.07) is 29.2. The molecule has 184 valence electrons. The first-order chi connectivity index (χ1) is 17.1. The van der Waals surface area contributed by atoms with Crippen molar-refractivity contribution in [1.82, 2.24) is 10.2 Å². The molecular formula is C31H38N2O2. The number of hydrogen-bond donors (Lipinski definition) is 2. The molecule has 6 rings (SSSR count). The maximum absolute atomic E-state index is 9.89. The Hall–Kier alpha value is -2.66. The molecule has 0 saturated carbocycles. The molecule has 4 nitrogen and oxygen atoms in total. The zero-order valence-electron chi connectivity index (χ0n) is 20.9. The topological polar surface area (TPSA) is 44.7 Å². The SMILES string of the molecule is COc1ccc(CC(C)O)cc1CN[C@H]1C2CCN(CC2)[C@H]1C(c1ccccc1)c1ccccc1. The van der Waals surface area contributed by atoms with E-state index >= 15 is 0 Å². The van der Waals surface area contributed by atoms with Gasteiger partial charge in [-0.25, -0.2) is 0 Å². The third-order valence-electron chi connectivity index (χ3n) is 7.93. The average molecular weight is 471 g/mol. The number of rotatable bonds is 9. The molecule has 3 fully saturated rings. The van der Waals surface area contributed by atoms with E-state index in [0.29, 0.717) is 30.3 Å². The van der Waals surface area contributed by atoms with E-state index in [1.165, 1.54) is 37.1 Å². The number of hydrogen-bond acceptors (Lipinski definition) is 4. The fourth-order valence-electron chi connectivity index (χ4n) is 6.36. The van der Waals surface area contributed by atoms with E-state index in [0.717, 1.165) is 23.4 Å². The van der Waals surface area contributed by atoms with E-state index in [1.807, 2.05) is 13.0 Å². The van der Waals surface area contributed by atoms with E-state index in [2.05, 4.69) is 83.0 Å². The standard InChI is InChI=1S/C31H38N2O2/c1-22(34)19-23-13-14-28(35-2)27(20-23)21-32-30-26-15-17-33(18-16-26)31(30)29(24-9-5-3-6-10-24)25-11-7-4-8-12-25/h3-14,20,22,26,29-32,34H,15-19,21H2,1-2H3/t22?,30-,31-/m0/s1. The van der Waals surface area contributed by atoms with Crippen LogP contribution in [0.1, 0.15) is 47.9 Å². The summed E-state index contributed by atoms with van der Waals surface area (Å²) >= 11 is 0. The number of nitrogens with one attached hydrogen (secondary N) is 1. The van der Waals surface area contributed by atoms with Gasteiger partial charge in [-0.15, -0.1) is 0 Å².